The molecule has 1 heteroatoms. The fraction of sp³-hybridized carbons (Fsp3) is 0.172. The predicted molar refractivity (Wildman–Crippen MR) is 254 cm³/mol. The normalized spacial score (nSPS) is 14.8. The number of allylic oxidation sites excluding steroid dienone is 5. The number of nitrogens with zero attached hydrogens (tertiary/aromatic N) is 1. The van der Waals surface area contributed by atoms with E-state index in [1.807, 2.05) is 0 Å². The van der Waals surface area contributed by atoms with Crippen molar-refractivity contribution in [1.82, 2.24) is 0 Å². The van der Waals surface area contributed by atoms with Crippen molar-refractivity contribution in [2.75, 3.05) is 4.90 Å². The standard InChI is InChI=1S/C58H53N/c1-38(20-17-22-44-36-43-21-11-15-26-52(43)57(44,5)6)42-28-30-45(31-29-42)59(46-32-34-54-51(37-46)50-25-14-16-27-53(50)58(54,7)8)55-35-33-49(47-23-12-9-18-39(47)2)41(4)56(55)48-24-13-10-19-40(48)3/h9-37H,1-8H3/b22-17-,38-20+. The highest BCUT2D eigenvalue weighted by molar-refractivity contribution is 5.96. The monoisotopic (exact) mass is 763 g/mol. The third kappa shape index (κ3) is 6.50. The molecule has 7 aromatic carbocycles. The second kappa shape index (κ2) is 14.7. The first-order valence-electron chi connectivity index (χ1n) is 21.0. The summed E-state index contributed by atoms with van der Waals surface area (Å²) in [4.78, 5) is 2.49. The number of fused-ring (bicyclic) bond motifs is 4. The van der Waals surface area contributed by atoms with Gasteiger partial charge >= 0.3 is 0 Å². The van der Waals surface area contributed by atoms with Crippen LogP contribution in [0, 0.1) is 20.8 Å². The van der Waals surface area contributed by atoms with Gasteiger partial charge in [0.05, 0.1) is 5.69 Å². The Kier molecular flexibility index (Phi) is 9.52. The second-order valence-electron chi connectivity index (χ2n) is 17.6. The van der Waals surface area contributed by atoms with Crippen LogP contribution >= 0.6 is 0 Å². The van der Waals surface area contributed by atoms with E-state index in [0.717, 1.165) is 17.1 Å². The smallest absolute Gasteiger partial charge is 0.0543 e. The van der Waals surface area contributed by atoms with Gasteiger partial charge in [-0.05, 0) is 141 Å². The Hall–Kier alpha value is -6.44. The molecule has 0 saturated heterocycles. The molecule has 2 aliphatic carbocycles. The van der Waals surface area contributed by atoms with E-state index in [2.05, 4.69) is 236 Å². The van der Waals surface area contributed by atoms with Gasteiger partial charge in [0.2, 0.25) is 0 Å². The van der Waals surface area contributed by atoms with Crippen molar-refractivity contribution in [3.05, 3.63) is 220 Å². The number of benzene rings is 7. The molecule has 0 saturated carbocycles. The molecule has 0 N–H and O–H groups in total. The number of hydrogen-bond acceptors (Lipinski definition) is 1. The first-order chi connectivity index (χ1) is 28.4. The van der Waals surface area contributed by atoms with Crippen LogP contribution in [-0.2, 0) is 10.8 Å². The Morgan fingerprint density at radius 3 is 1.80 bits per heavy atom. The summed E-state index contributed by atoms with van der Waals surface area (Å²) >= 11 is 0. The molecule has 0 heterocycles. The van der Waals surface area contributed by atoms with Crippen molar-refractivity contribution in [1.29, 1.82) is 0 Å². The van der Waals surface area contributed by atoms with E-state index in [0.29, 0.717) is 0 Å². The lowest BCUT2D eigenvalue weighted by atomic mass is 9.81. The van der Waals surface area contributed by atoms with Gasteiger partial charge in [-0.15, -0.1) is 0 Å². The Labute approximate surface area is 351 Å². The van der Waals surface area contributed by atoms with Crippen LogP contribution in [0.5, 0.6) is 0 Å². The molecule has 0 atom stereocenters. The van der Waals surface area contributed by atoms with E-state index < -0.39 is 0 Å². The number of aryl methyl sites for hydroxylation is 2. The molecule has 7 aromatic rings. The summed E-state index contributed by atoms with van der Waals surface area (Å²) in [5.74, 6) is 0. The van der Waals surface area contributed by atoms with Crippen molar-refractivity contribution >= 4 is 28.7 Å². The molecule has 0 unspecified atom stereocenters. The van der Waals surface area contributed by atoms with Crippen molar-refractivity contribution in [3.8, 4) is 33.4 Å². The average molecular weight is 764 g/mol. The Balaban J connectivity index is 1.18. The molecule has 1 nitrogen and oxygen atoms in total. The second-order valence-corrected chi connectivity index (χ2v) is 17.6. The molecule has 290 valence electrons. The summed E-state index contributed by atoms with van der Waals surface area (Å²) in [5, 5.41) is 0. The Morgan fingerprint density at radius 2 is 1.10 bits per heavy atom. The van der Waals surface area contributed by atoms with Gasteiger partial charge < -0.3 is 4.90 Å². The molecule has 0 aliphatic heterocycles. The Morgan fingerprint density at radius 1 is 0.508 bits per heavy atom. The molecule has 59 heavy (non-hydrogen) atoms. The first kappa shape index (κ1) is 38.1. The lowest BCUT2D eigenvalue weighted by molar-refractivity contribution is 0.655. The lowest BCUT2D eigenvalue weighted by Gasteiger charge is -2.31. The van der Waals surface area contributed by atoms with Gasteiger partial charge in [0.1, 0.15) is 0 Å². The van der Waals surface area contributed by atoms with Gasteiger partial charge in [0.15, 0.2) is 0 Å². The minimum absolute atomic E-state index is 0.0110. The zero-order valence-electron chi connectivity index (χ0n) is 35.7. The largest absolute Gasteiger partial charge is 0.310 e. The van der Waals surface area contributed by atoms with Crippen molar-refractivity contribution in [3.63, 3.8) is 0 Å². The maximum Gasteiger partial charge on any atom is 0.0543 e. The SMILES string of the molecule is C/C(=C\C=C/C1=Cc2ccccc2C1(C)C)c1ccc(N(c2ccc3c(c2)-c2ccccc2C3(C)C)c2ccc(-c3ccccc3C)c(C)c2-c2ccccc2C)cc1. The van der Waals surface area contributed by atoms with Gasteiger partial charge in [-0.2, -0.15) is 0 Å². The van der Waals surface area contributed by atoms with Crippen molar-refractivity contribution < 1.29 is 0 Å². The summed E-state index contributed by atoms with van der Waals surface area (Å²) < 4.78 is 0. The van der Waals surface area contributed by atoms with Gasteiger partial charge in [0.25, 0.3) is 0 Å². The highest BCUT2D eigenvalue weighted by Gasteiger charge is 2.36. The van der Waals surface area contributed by atoms with E-state index >= 15 is 0 Å². The molecule has 0 spiro atoms. The van der Waals surface area contributed by atoms with Gasteiger partial charge in [-0.1, -0.05) is 173 Å². The maximum absolute atomic E-state index is 2.49. The molecule has 0 fully saturated rings. The third-order valence-corrected chi connectivity index (χ3v) is 13.2. The zero-order valence-corrected chi connectivity index (χ0v) is 35.7. The van der Waals surface area contributed by atoms with Crippen molar-refractivity contribution in [2.24, 2.45) is 0 Å². The van der Waals surface area contributed by atoms with E-state index in [-0.39, 0.29) is 10.8 Å². The molecule has 9 rings (SSSR count). The molecule has 0 radical (unpaired) electrons. The summed E-state index contributed by atoms with van der Waals surface area (Å²) in [5.41, 5.74) is 24.1. The van der Waals surface area contributed by atoms with Crippen LogP contribution in [0.25, 0.3) is 45.0 Å². The highest BCUT2D eigenvalue weighted by Crippen LogP contribution is 2.52. The van der Waals surface area contributed by atoms with E-state index in [1.165, 1.54) is 89.0 Å². The molecule has 0 aromatic heterocycles. The number of hydrogen-bond donors (Lipinski definition) is 0. The first-order valence-corrected chi connectivity index (χ1v) is 21.0. The van der Waals surface area contributed by atoms with E-state index in [4.69, 9.17) is 0 Å². The third-order valence-electron chi connectivity index (χ3n) is 13.2. The van der Waals surface area contributed by atoms with Crippen LogP contribution in [-0.4, -0.2) is 0 Å². The fourth-order valence-corrected chi connectivity index (χ4v) is 9.74. The average Bonchev–Trinajstić information content (AvgIpc) is 3.63. The Bertz CT molecular complexity index is 2860. The summed E-state index contributed by atoms with van der Waals surface area (Å²) in [6.45, 7) is 18.3. The molecule has 2 aliphatic rings. The van der Waals surface area contributed by atoms with Crippen LogP contribution in [0.2, 0.25) is 0 Å². The van der Waals surface area contributed by atoms with Crippen molar-refractivity contribution in [2.45, 2.75) is 66.2 Å². The molecular weight excluding hydrogens is 711 g/mol. The van der Waals surface area contributed by atoms with Crippen LogP contribution < -0.4 is 4.90 Å². The van der Waals surface area contributed by atoms with Gasteiger partial charge in [-0.3, -0.25) is 0 Å². The van der Waals surface area contributed by atoms with E-state index in [9.17, 15) is 0 Å². The minimum Gasteiger partial charge on any atom is -0.310 e. The molecule has 0 amide bonds. The van der Waals surface area contributed by atoms with Gasteiger partial charge in [0, 0.05) is 27.8 Å². The molecule has 0 bridgehead atoms. The van der Waals surface area contributed by atoms with Crippen LogP contribution in [0.4, 0.5) is 17.1 Å². The number of rotatable bonds is 8. The maximum atomic E-state index is 2.49. The summed E-state index contributed by atoms with van der Waals surface area (Å²) in [6.07, 6.45) is 9.07. The summed E-state index contributed by atoms with van der Waals surface area (Å²) in [7, 11) is 0. The zero-order chi connectivity index (χ0) is 41.1. The van der Waals surface area contributed by atoms with Crippen LogP contribution in [0.1, 0.15) is 79.1 Å². The van der Waals surface area contributed by atoms with E-state index in [1.54, 1.807) is 0 Å². The van der Waals surface area contributed by atoms with Gasteiger partial charge in [-0.25, -0.2) is 0 Å². The quantitative estimate of drug-likeness (QED) is 0.139. The minimum atomic E-state index is -0.0681. The number of anilines is 3. The molecular formula is C58H53N. The van der Waals surface area contributed by atoms with Crippen LogP contribution in [0.3, 0.4) is 0 Å². The highest BCUT2D eigenvalue weighted by atomic mass is 15.1. The fourth-order valence-electron chi connectivity index (χ4n) is 9.74. The predicted octanol–water partition coefficient (Wildman–Crippen LogP) is 16.1. The summed E-state index contributed by atoms with van der Waals surface area (Å²) in [6, 6.07) is 56.2. The van der Waals surface area contributed by atoms with Crippen LogP contribution in [0.15, 0.2) is 175 Å². The topological polar surface area (TPSA) is 3.24 Å². The lowest BCUT2D eigenvalue weighted by Crippen LogP contribution is -2.16.